The average Bonchev–Trinajstić information content (AvgIpc) is 2.97. The Hall–Kier alpha value is -2.73. The van der Waals surface area contributed by atoms with E-state index in [9.17, 15) is 4.79 Å². The van der Waals surface area contributed by atoms with Crippen LogP contribution in [0.4, 0.5) is 0 Å². The van der Waals surface area contributed by atoms with Crippen LogP contribution in [0, 0.1) is 0 Å². The van der Waals surface area contributed by atoms with Crippen molar-refractivity contribution in [2.24, 2.45) is 10.7 Å². The lowest BCUT2D eigenvalue weighted by Crippen LogP contribution is -2.11. The SMILES string of the molecule is CC(C)(C)c1ccc(OCCOc2ccc(/C=C3/SC(N)=NC3=O)cc2)cc1. The van der Waals surface area contributed by atoms with E-state index in [1.54, 1.807) is 6.08 Å². The number of rotatable bonds is 6. The van der Waals surface area contributed by atoms with Gasteiger partial charge in [-0.25, -0.2) is 0 Å². The number of amides is 1. The minimum atomic E-state index is -0.296. The lowest BCUT2D eigenvalue weighted by molar-refractivity contribution is -0.113. The summed E-state index contributed by atoms with van der Waals surface area (Å²) in [6, 6.07) is 15.7. The predicted octanol–water partition coefficient (Wildman–Crippen LogP) is 4.37. The number of benzene rings is 2. The molecule has 1 heterocycles. The topological polar surface area (TPSA) is 73.9 Å². The molecule has 0 radical (unpaired) electrons. The molecule has 1 aliphatic rings. The molecule has 0 aliphatic carbocycles. The van der Waals surface area contributed by atoms with Crippen molar-refractivity contribution in [2.45, 2.75) is 26.2 Å². The van der Waals surface area contributed by atoms with Gasteiger partial charge in [-0.2, -0.15) is 4.99 Å². The molecule has 0 unspecified atom stereocenters. The molecule has 28 heavy (non-hydrogen) atoms. The molecule has 2 aromatic carbocycles. The van der Waals surface area contributed by atoms with Crippen LogP contribution in [0.15, 0.2) is 58.4 Å². The predicted molar refractivity (Wildman–Crippen MR) is 115 cm³/mol. The molecule has 0 bridgehead atoms. The fourth-order valence-corrected chi connectivity index (χ4v) is 3.29. The number of thioether (sulfide) groups is 1. The highest BCUT2D eigenvalue weighted by atomic mass is 32.2. The smallest absolute Gasteiger partial charge is 0.286 e. The highest BCUT2D eigenvalue weighted by Gasteiger charge is 2.19. The van der Waals surface area contributed by atoms with Crippen LogP contribution in [-0.2, 0) is 10.2 Å². The fourth-order valence-electron chi connectivity index (χ4n) is 2.61. The molecule has 0 aromatic heterocycles. The van der Waals surface area contributed by atoms with Crippen LogP contribution in [0.1, 0.15) is 31.9 Å². The van der Waals surface area contributed by atoms with E-state index in [4.69, 9.17) is 15.2 Å². The summed E-state index contributed by atoms with van der Waals surface area (Å²) in [7, 11) is 0. The Morgan fingerprint density at radius 2 is 1.50 bits per heavy atom. The van der Waals surface area contributed by atoms with Gasteiger partial charge in [-0.05, 0) is 58.6 Å². The van der Waals surface area contributed by atoms with Gasteiger partial charge in [-0.3, -0.25) is 4.79 Å². The van der Waals surface area contributed by atoms with E-state index in [1.165, 1.54) is 17.3 Å². The first-order valence-electron chi connectivity index (χ1n) is 9.05. The standard InChI is InChI=1S/C22H24N2O3S/c1-22(2,3)16-6-10-18(11-7-16)27-13-12-26-17-8-4-15(5-9-17)14-19-20(25)24-21(23)28-19/h4-11,14H,12-13H2,1-3H3,(H2,23,24,25)/b19-14+. The Morgan fingerprint density at radius 3 is 1.96 bits per heavy atom. The van der Waals surface area contributed by atoms with Crippen molar-refractivity contribution in [3.63, 3.8) is 0 Å². The first-order valence-corrected chi connectivity index (χ1v) is 9.87. The second-order valence-electron chi connectivity index (χ2n) is 7.41. The summed E-state index contributed by atoms with van der Waals surface area (Å²) < 4.78 is 11.4. The molecular weight excluding hydrogens is 372 g/mol. The lowest BCUT2D eigenvalue weighted by Gasteiger charge is -2.19. The number of hydrogen-bond donors (Lipinski definition) is 1. The second kappa shape index (κ2) is 8.52. The number of carbonyl (C=O) groups excluding carboxylic acids is 1. The van der Waals surface area contributed by atoms with Crippen molar-refractivity contribution in [1.82, 2.24) is 0 Å². The van der Waals surface area contributed by atoms with Gasteiger partial charge in [0.25, 0.3) is 5.91 Å². The van der Waals surface area contributed by atoms with Gasteiger partial charge in [0.15, 0.2) is 5.17 Å². The average molecular weight is 397 g/mol. The van der Waals surface area contributed by atoms with Gasteiger partial charge >= 0.3 is 0 Å². The number of hydrogen-bond acceptors (Lipinski definition) is 5. The van der Waals surface area contributed by atoms with Gasteiger partial charge in [-0.1, -0.05) is 45.0 Å². The number of carbonyl (C=O) groups is 1. The number of aliphatic imine (C=N–C) groups is 1. The summed E-state index contributed by atoms with van der Waals surface area (Å²) >= 11 is 1.18. The third-order valence-electron chi connectivity index (χ3n) is 4.16. The maximum absolute atomic E-state index is 11.6. The van der Waals surface area contributed by atoms with Crippen molar-refractivity contribution in [3.05, 3.63) is 64.6 Å². The molecule has 0 spiro atoms. The highest BCUT2D eigenvalue weighted by molar-refractivity contribution is 8.18. The summed E-state index contributed by atoms with van der Waals surface area (Å²) in [6.07, 6.45) is 1.77. The van der Waals surface area contributed by atoms with E-state index in [0.29, 0.717) is 18.1 Å². The van der Waals surface area contributed by atoms with Crippen molar-refractivity contribution < 1.29 is 14.3 Å². The van der Waals surface area contributed by atoms with Gasteiger partial charge in [0.2, 0.25) is 0 Å². The van der Waals surface area contributed by atoms with Crippen LogP contribution in [0.5, 0.6) is 11.5 Å². The van der Waals surface area contributed by atoms with Crippen LogP contribution < -0.4 is 15.2 Å². The molecule has 2 aromatic rings. The van der Waals surface area contributed by atoms with Crippen molar-refractivity contribution >= 4 is 28.9 Å². The maximum Gasteiger partial charge on any atom is 0.286 e. The number of nitrogens with zero attached hydrogens (tertiary/aromatic N) is 1. The van der Waals surface area contributed by atoms with E-state index in [2.05, 4.69) is 37.9 Å². The summed E-state index contributed by atoms with van der Waals surface area (Å²) in [5.41, 5.74) is 7.85. The summed E-state index contributed by atoms with van der Waals surface area (Å²) in [6.45, 7) is 7.47. The molecule has 0 saturated heterocycles. The van der Waals surface area contributed by atoms with E-state index in [-0.39, 0.29) is 16.5 Å². The van der Waals surface area contributed by atoms with E-state index in [1.807, 2.05) is 36.4 Å². The van der Waals surface area contributed by atoms with Crippen LogP contribution in [0.25, 0.3) is 6.08 Å². The second-order valence-corrected chi connectivity index (χ2v) is 8.47. The molecule has 6 heteroatoms. The van der Waals surface area contributed by atoms with Crippen LogP contribution in [-0.4, -0.2) is 24.3 Å². The third kappa shape index (κ3) is 5.39. The van der Waals surface area contributed by atoms with Gasteiger partial charge in [0, 0.05) is 0 Å². The van der Waals surface area contributed by atoms with Gasteiger partial charge in [0.1, 0.15) is 24.7 Å². The molecule has 5 nitrogen and oxygen atoms in total. The fraction of sp³-hybridized carbons (Fsp3) is 0.273. The Labute approximate surface area is 169 Å². The maximum atomic E-state index is 11.6. The first kappa shape index (κ1) is 20.0. The van der Waals surface area contributed by atoms with Crippen LogP contribution >= 0.6 is 11.8 Å². The van der Waals surface area contributed by atoms with E-state index < -0.39 is 0 Å². The normalized spacial score (nSPS) is 15.6. The third-order valence-corrected chi connectivity index (χ3v) is 4.97. The van der Waals surface area contributed by atoms with Crippen LogP contribution in [0.3, 0.4) is 0 Å². The zero-order valence-corrected chi connectivity index (χ0v) is 17.1. The quantitative estimate of drug-likeness (QED) is 0.580. The van der Waals surface area contributed by atoms with Crippen molar-refractivity contribution in [1.29, 1.82) is 0 Å². The molecule has 1 aliphatic heterocycles. The Bertz CT molecular complexity index is 895. The van der Waals surface area contributed by atoms with Crippen molar-refractivity contribution in [2.75, 3.05) is 13.2 Å². The summed E-state index contributed by atoms with van der Waals surface area (Å²) in [5.74, 6) is 1.28. The molecule has 0 saturated carbocycles. The van der Waals surface area contributed by atoms with Gasteiger partial charge in [0.05, 0.1) is 4.91 Å². The Morgan fingerprint density at radius 1 is 0.964 bits per heavy atom. The number of ether oxygens (including phenoxy) is 2. The van der Waals surface area contributed by atoms with E-state index >= 15 is 0 Å². The summed E-state index contributed by atoms with van der Waals surface area (Å²) in [4.78, 5) is 15.8. The van der Waals surface area contributed by atoms with Gasteiger partial charge < -0.3 is 15.2 Å². The molecule has 2 N–H and O–H groups in total. The molecule has 0 fully saturated rings. The molecule has 1 amide bonds. The van der Waals surface area contributed by atoms with Crippen LogP contribution in [0.2, 0.25) is 0 Å². The minimum Gasteiger partial charge on any atom is -0.490 e. The van der Waals surface area contributed by atoms with E-state index in [0.717, 1.165) is 17.1 Å². The zero-order valence-electron chi connectivity index (χ0n) is 16.3. The first-order chi connectivity index (χ1) is 13.3. The van der Waals surface area contributed by atoms with Gasteiger partial charge in [-0.15, -0.1) is 0 Å². The van der Waals surface area contributed by atoms with Crippen molar-refractivity contribution in [3.8, 4) is 11.5 Å². The molecule has 0 atom stereocenters. The summed E-state index contributed by atoms with van der Waals surface area (Å²) in [5, 5.41) is 0.282. The Balaban J connectivity index is 1.45. The monoisotopic (exact) mass is 396 g/mol. The Kier molecular flexibility index (Phi) is 6.09. The molecule has 3 rings (SSSR count). The number of amidine groups is 1. The molecular formula is C22H24N2O3S. The lowest BCUT2D eigenvalue weighted by atomic mass is 9.87. The minimum absolute atomic E-state index is 0.132. The zero-order chi connectivity index (χ0) is 20.1. The molecule has 146 valence electrons. The largest absolute Gasteiger partial charge is 0.490 e. The number of nitrogens with two attached hydrogens (primary N) is 1. The highest BCUT2D eigenvalue weighted by Crippen LogP contribution is 2.27.